The van der Waals surface area contributed by atoms with Gasteiger partial charge in [0.1, 0.15) is 4.90 Å². The fraction of sp³-hybridized carbons (Fsp3) is 0.214. The monoisotopic (exact) mass is 432 g/mol. The zero-order valence-electron chi connectivity index (χ0n) is 12.4. The second-order valence-corrected chi connectivity index (χ2v) is 8.59. The van der Waals surface area contributed by atoms with E-state index >= 15 is 0 Å². The minimum absolute atomic E-state index is 0. The Kier molecular flexibility index (Phi) is 8.50. The van der Waals surface area contributed by atoms with Crippen molar-refractivity contribution < 1.29 is 30.0 Å². The van der Waals surface area contributed by atoms with Gasteiger partial charge in [0.05, 0.1) is 17.3 Å². The number of hydrogen-bond acceptors (Lipinski definition) is 7. The van der Waals surface area contributed by atoms with Crippen LogP contribution in [0.15, 0.2) is 41.3 Å². The molecule has 132 valence electrons. The van der Waals surface area contributed by atoms with Crippen molar-refractivity contribution in [1.82, 2.24) is 0 Å². The number of rotatable bonds is 6. The second-order valence-electron chi connectivity index (χ2n) is 4.77. The SMILES string of the molecule is CC(=O)OCCc1ccc(S(=O)(=O)OS(=O)(=O)Cl)c2ccccc12.[KH]. The fourth-order valence-corrected chi connectivity index (χ4v) is 4.66. The van der Waals surface area contributed by atoms with Crippen LogP contribution in [0.5, 0.6) is 0 Å². The molecule has 11 heteroatoms. The molecule has 0 radical (unpaired) electrons. The third-order valence-electron chi connectivity index (χ3n) is 3.09. The van der Waals surface area contributed by atoms with Crippen LogP contribution in [0.1, 0.15) is 12.5 Å². The number of halogens is 1. The molecule has 0 fully saturated rings. The first-order valence-corrected chi connectivity index (χ1v) is 10.3. The van der Waals surface area contributed by atoms with Gasteiger partial charge in [-0.05, 0) is 17.0 Å². The molecule has 2 rings (SSSR count). The zero-order valence-corrected chi connectivity index (χ0v) is 14.8. The number of esters is 1. The molecule has 0 aliphatic heterocycles. The average molecular weight is 433 g/mol. The Morgan fingerprint density at radius 2 is 1.64 bits per heavy atom. The zero-order chi connectivity index (χ0) is 18.0. The first kappa shape index (κ1) is 23.0. The summed E-state index contributed by atoms with van der Waals surface area (Å²) in [4.78, 5) is 10.5. The van der Waals surface area contributed by atoms with Crippen LogP contribution in [-0.4, -0.2) is 80.8 Å². The minimum atomic E-state index is -4.71. The number of fused-ring (bicyclic) bond motifs is 1. The van der Waals surface area contributed by atoms with Crippen molar-refractivity contribution in [1.29, 1.82) is 0 Å². The second kappa shape index (κ2) is 9.24. The summed E-state index contributed by atoms with van der Waals surface area (Å²) in [6.07, 6.45) is 0.370. The summed E-state index contributed by atoms with van der Waals surface area (Å²) in [6.45, 7) is 1.43. The summed E-state index contributed by atoms with van der Waals surface area (Å²) < 4.78 is 55.0. The molecular formula is C14H14ClKO7S2. The Bertz CT molecular complexity index is 987. The van der Waals surface area contributed by atoms with Gasteiger partial charge in [-0.15, -0.1) is 3.63 Å². The van der Waals surface area contributed by atoms with Gasteiger partial charge in [-0.2, -0.15) is 16.8 Å². The molecule has 0 N–H and O–H groups in total. The number of carbonyl (C=O) groups excluding carboxylic acids is 1. The van der Waals surface area contributed by atoms with E-state index in [4.69, 9.17) is 15.4 Å². The van der Waals surface area contributed by atoms with Crippen LogP contribution in [0.4, 0.5) is 0 Å². The Morgan fingerprint density at radius 3 is 2.20 bits per heavy atom. The van der Waals surface area contributed by atoms with Crippen molar-refractivity contribution in [2.45, 2.75) is 18.2 Å². The number of ether oxygens (including phenoxy) is 1. The van der Waals surface area contributed by atoms with Crippen molar-refractivity contribution in [2.75, 3.05) is 6.61 Å². The quantitative estimate of drug-likeness (QED) is 0.387. The van der Waals surface area contributed by atoms with Crippen molar-refractivity contribution in [2.24, 2.45) is 0 Å². The summed E-state index contributed by atoms with van der Waals surface area (Å²) in [5, 5.41) is 0.847. The predicted octanol–water partition coefficient (Wildman–Crippen LogP) is 1.49. The van der Waals surface area contributed by atoms with Gasteiger partial charge >= 0.3 is 76.8 Å². The van der Waals surface area contributed by atoms with Crippen molar-refractivity contribution >= 4 is 98.3 Å². The van der Waals surface area contributed by atoms with Gasteiger partial charge in [-0.3, -0.25) is 4.79 Å². The molecule has 0 saturated heterocycles. The number of benzene rings is 2. The van der Waals surface area contributed by atoms with Gasteiger partial charge in [-0.25, -0.2) is 0 Å². The molecule has 25 heavy (non-hydrogen) atoms. The van der Waals surface area contributed by atoms with Crippen molar-refractivity contribution in [3.63, 3.8) is 0 Å². The third kappa shape index (κ3) is 6.56. The van der Waals surface area contributed by atoms with Crippen LogP contribution in [0, 0.1) is 0 Å². The molecule has 0 spiro atoms. The van der Waals surface area contributed by atoms with E-state index in [2.05, 4.69) is 3.63 Å². The van der Waals surface area contributed by atoms with E-state index in [1.807, 2.05) is 0 Å². The standard InChI is InChI=1S/C14H13ClO7S2.K.H/c1-10(16)21-9-8-11-6-7-14(13-5-3-2-4-12(11)13)23(17,18)22-24(15,19)20;;/h2-7H,8-9H2,1H3;;. The molecule has 7 nitrogen and oxygen atoms in total. The van der Waals surface area contributed by atoms with Crippen LogP contribution >= 0.6 is 10.7 Å². The molecular weight excluding hydrogens is 419 g/mol. The maximum atomic E-state index is 12.1. The topological polar surface area (TPSA) is 104 Å². The van der Waals surface area contributed by atoms with Crippen LogP contribution in [0.25, 0.3) is 10.8 Å². The normalized spacial score (nSPS) is 11.8. The third-order valence-corrected chi connectivity index (χ3v) is 5.82. The van der Waals surface area contributed by atoms with Gasteiger partial charge in [0, 0.05) is 18.7 Å². The molecule has 0 saturated carbocycles. The van der Waals surface area contributed by atoms with Gasteiger partial charge < -0.3 is 4.74 Å². The Balaban J connectivity index is 0.00000312. The van der Waals surface area contributed by atoms with Crippen molar-refractivity contribution in [3.05, 3.63) is 42.0 Å². The number of hydrogen-bond donors (Lipinski definition) is 0. The van der Waals surface area contributed by atoms with Crippen molar-refractivity contribution in [3.8, 4) is 0 Å². The summed E-state index contributed by atoms with van der Waals surface area (Å²) in [5.74, 6) is -0.417. The van der Waals surface area contributed by atoms with E-state index in [0.29, 0.717) is 11.8 Å². The molecule has 0 amide bonds. The molecule has 0 atom stereocenters. The molecule has 0 aliphatic rings. The maximum absolute atomic E-state index is 12.1. The first-order chi connectivity index (χ1) is 11.1. The van der Waals surface area contributed by atoms with Crippen LogP contribution < -0.4 is 0 Å². The molecule has 0 bridgehead atoms. The molecule has 0 aliphatic carbocycles. The molecule has 2 aromatic carbocycles. The van der Waals surface area contributed by atoms with E-state index in [9.17, 15) is 21.6 Å². The van der Waals surface area contributed by atoms with Crippen LogP contribution in [0.3, 0.4) is 0 Å². The van der Waals surface area contributed by atoms with Gasteiger partial charge in [0.25, 0.3) is 0 Å². The van der Waals surface area contributed by atoms with E-state index in [1.165, 1.54) is 25.1 Å². The van der Waals surface area contributed by atoms with Gasteiger partial charge in [-0.1, -0.05) is 30.3 Å². The van der Waals surface area contributed by atoms with Gasteiger partial charge in [0.15, 0.2) is 0 Å². The van der Waals surface area contributed by atoms with Crippen LogP contribution in [0.2, 0.25) is 0 Å². The van der Waals surface area contributed by atoms with Crippen LogP contribution in [-0.2, 0) is 39.0 Å². The summed E-state index contributed by atoms with van der Waals surface area (Å²) in [6, 6.07) is 9.22. The van der Waals surface area contributed by atoms with E-state index in [0.717, 1.165) is 5.56 Å². The molecule has 2 aromatic rings. The Labute approximate surface area is 192 Å². The van der Waals surface area contributed by atoms with E-state index in [1.54, 1.807) is 18.2 Å². The molecule has 0 heterocycles. The summed E-state index contributed by atoms with van der Waals surface area (Å²) in [7, 11) is -4.44. The van der Waals surface area contributed by atoms with Gasteiger partial charge in [0.2, 0.25) is 0 Å². The fourth-order valence-electron chi connectivity index (χ4n) is 2.22. The Morgan fingerprint density at radius 1 is 1.04 bits per heavy atom. The predicted molar refractivity (Wildman–Crippen MR) is 94.5 cm³/mol. The molecule has 0 unspecified atom stereocenters. The number of carbonyl (C=O) groups is 1. The van der Waals surface area contributed by atoms with E-state index in [-0.39, 0.29) is 68.3 Å². The first-order valence-electron chi connectivity index (χ1n) is 6.65. The Hall–Kier alpha value is -0.0436. The van der Waals surface area contributed by atoms with E-state index < -0.39 is 25.4 Å². The summed E-state index contributed by atoms with van der Waals surface area (Å²) in [5.41, 5.74) is 0.736. The summed E-state index contributed by atoms with van der Waals surface area (Å²) >= 11 is 0. The average Bonchev–Trinajstić information content (AvgIpc) is 2.44. The molecule has 0 aromatic heterocycles.